The fourth-order valence-electron chi connectivity index (χ4n) is 1.85. The number of nitro groups is 1. The molecule has 0 aliphatic carbocycles. The lowest BCUT2D eigenvalue weighted by atomic mass is 10.2. The van der Waals surface area contributed by atoms with Crippen molar-refractivity contribution in [1.82, 2.24) is 14.9 Å². The summed E-state index contributed by atoms with van der Waals surface area (Å²) in [6.07, 6.45) is 0.647. The molecule has 0 bridgehead atoms. The Kier molecular flexibility index (Phi) is 5.37. The molecule has 0 spiro atoms. The van der Waals surface area contributed by atoms with Crippen molar-refractivity contribution in [3.05, 3.63) is 45.0 Å². The highest BCUT2D eigenvalue weighted by Crippen LogP contribution is 2.22. The van der Waals surface area contributed by atoms with Gasteiger partial charge in [0.1, 0.15) is 10.6 Å². The molecule has 22 heavy (non-hydrogen) atoms. The third-order valence-corrected chi connectivity index (χ3v) is 3.69. The lowest BCUT2D eigenvalue weighted by molar-refractivity contribution is -0.384. The minimum Gasteiger partial charge on any atom is -0.378 e. The number of hydrogen-bond acceptors (Lipinski definition) is 7. The van der Waals surface area contributed by atoms with Crippen molar-refractivity contribution in [2.75, 3.05) is 18.4 Å². The lowest BCUT2D eigenvalue weighted by Crippen LogP contribution is -2.28. The summed E-state index contributed by atoms with van der Waals surface area (Å²) in [6, 6.07) is 6.37. The molecule has 0 aliphatic heterocycles. The van der Waals surface area contributed by atoms with Crippen LogP contribution in [0.4, 0.5) is 11.4 Å². The summed E-state index contributed by atoms with van der Waals surface area (Å²) in [5, 5.41) is 20.4. The van der Waals surface area contributed by atoms with E-state index in [2.05, 4.69) is 20.2 Å². The molecule has 2 aromatic rings. The quantitative estimate of drug-likeness (QED) is 0.457. The molecular weight excluding hydrogens is 306 g/mol. The van der Waals surface area contributed by atoms with E-state index in [-0.39, 0.29) is 11.6 Å². The number of nitrogens with one attached hydrogen (secondary N) is 2. The molecule has 1 heterocycles. The van der Waals surface area contributed by atoms with Gasteiger partial charge in [-0.25, -0.2) is 0 Å². The average molecular weight is 321 g/mol. The molecule has 1 aromatic heterocycles. The Morgan fingerprint density at radius 2 is 2.14 bits per heavy atom. The predicted octanol–water partition coefficient (Wildman–Crippen LogP) is 1.85. The number of rotatable bonds is 7. The fourth-order valence-corrected chi connectivity index (χ4v) is 2.51. The van der Waals surface area contributed by atoms with Gasteiger partial charge in [-0.15, -0.1) is 5.10 Å². The number of aromatic nitrogens is 2. The molecule has 8 nitrogen and oxygen atoms in total. The van der Waals surface area contributed by atoms with Crippen molar-refractivity contribution in [3.63, 3.8) is 0 Å². The summed E-state index contributed by atoms with van der Waals surface area (Å²) in [6.45, 7) is 2.62. The predicted molar refractivity (Wildman–Crippen MR) is 83.2 cm³/mol. The summed E-state index contributed by atoms with van der Waals surface area (Å²) in [7, 11) is 0. The Bertz CT molecular complexity index is 673. The Hall–Kier alpha value is -2.55. The van der Waals surface area contributed by atoms with Crippen molar-refractivity contribution in [3.8, 4) is 0 Å². The second-order valence-corrected chi connectivity index (χ2v) is 5.11. The molecule has 1 amide bonds. The number of hydrogen-bond donors (Lipinski definition) is 2. The number of amides is 1. The van der Waals surface area contributed by atoms with Crippen LogP contribution in [0.3, 0.4) is 0 Å². The lowest BCUT2D eigenvalue weighted by Gasteiger charge is -2.08. The van der Waals surface area contributed by atoms with Gasteiger partial charge in [-0.05, 0) is 24.0 Å². The summed E-state index contributed by atoms with van der Waals surface area (Å²) in [5.41, 5.74) is 1.11. The van der Waals surface area contributed by atoms with Crippen LogP contribution in [-0.2, 0) is 6.42 Å². The third-order valence-electron chi connectivity index (χ3n) is 2.92. The molecule has 9 heteroatoms. The molecular formula is C13H15N5O3S. The van der Waals surface area contributed by atoms with Crippen LogP contribution < -0.4 is 10.6 Å². The number of nitro benzene ring substituents is 1. The number of benzene rings is 1. The van der Waals surface area contributed by atoms with Crippen LogP contribution in [0.15, 0.2) is 24.3 Å². The molecule has 2 N–H and O–H groups in total. The van der Waals surface area contributed by atoms with Crippen LogP contribution in [0.1, 0.15) is 22.3 Å². The van der Waals surface area contributed by atoms with Gasteiger partial charge in [0.05, 0.1) is 10.6 Å². The van der Waals surface area contributed by atoms with Crippen molar-refractivity contribution in [1.29, 1.82) is 0 Å². The second kappa shape index (κ2) is 7.46. The highest BCUT2D eigenvalue weighted by atomic mass is 32.1. The van der Waals surface area contributed by atoms with Gasteiger partial charge in [0.2, 0.25) is 0 Å². The van der Waals surface area contributed by atoms with E-state index in [1.165, 1.54) is 6.07 Å². The maximum atomic E-state index is 12.0. The molecule has 0 saturated carbocycles. The van der Waals surface area contributed by atoms with E-state index in [9.17, 15) is 14.9 Å². The zero-order valence-electron chi connectivity index (χ0n) is 11.9. The van der Waals surface area contributed by atoms with E-state index in [4.69, 9.17) is 0 Å². The number of anilines is 1. The Morgan fingerprint density at radius 1 is 1.36 bits per heavy atom. The number of para-hydroxylation sites is 2. The first-order valence-electron chi connectivity index (χ1n) is 6.70. The van der Waals surface area contributed by atoms with Crippen molar-refractivity contribution in [2.24, 2.45) is 0 Å². The van der Waals surface area contributed by atoms with Gasteiger partial charge in [-0.3, -0.25) is 14.9 Å². The van der Waals surface area contributed by atoms with Crippen LogP contribution in [0.25, 0.3) is 0 Å². The Balaban J connectivity index is 1.85. The van der Waals surface area contributed by atoms with Crippen LogP contribution in [0.5, 0.6) is 0 Å². The highest BCUT2D eigenvalue weighted by molar-refractivity contribution is 7.08. The molecule has 0 unspecified atom stereocenters. The van der Waals surface area contributed by atoms with E-state index < -0.39 is 4.92 Å². The largest absolute Gasteiger partial charge is 0.378 e. The van der Waals surface area contributed by atoms with E-state index in [1.54, 1.807) is 18.2 Å². The monoisotopic (exact) mass is 321 g/mol. The van der Waals surface area contributed by atoms with Crippen LogP contribution >= 0.6 is 11.5 Å². The summed E-state index contributed by atoms with van der Waals surface area (Å²) >= 11 is 1.06. The fraction of sp³-hybridized carbons (Fsp3) is 0.308. The van der Waals surface area contributed by atoms with Gasteiger partial charge in [-0.2, -0.15) is 0 Å². The highest BCUT2D eigenvalue weighted by Gasteiger charge is 2.15. The standard InChI is InChI=1S/C13H15N5O3S/c1-2-9-12(22-17-16-9)13(19)15-8-7-14-10-5-3-4-6-11(10)18(20)21/h3-6,14H,2,7-8H2,1H3,(H,15,19). The first-order chi connectivity index (χ1) is 10.6. The van der Waals surface area contributed by atoms with Gasteiger partial charge in [0.25, 0.3) is 11.6 Å². The summed E-state index contributed by atoms with van der Waals surface area (Å²) in [4.78, 5) is 22.9. The van der Waals surface area contributed by atoms with Crippen LogP contribution in [0, 0.1) is 10.1 Å². The molecule has 2 rings (SSSR count). The minimum atomic E-state index is -0.447. The summed E-state index contributed by atoms with van der Waals surface area (Å²) < 4.78 is 3.76. The van der Waals surface area contributed by atoms with Gasteiger partial charge in [0.15, 0.2) is 0 Å². The van der Waals surface area contributed by atoms with Crippen LogP contribution in [0.2, 0.25) is 0 Å². The van der Waals surface area contributed by atoms with E-state index in [0.717, 1.165) is 11.5 Å². The molecule has 0 saturated heterocycles. The van der Waals surface area contributed by atoms with E-state index in [0.29, 0.717) is 35.8 Å². The molecule has 0 aliphatic rings. The van der Waals surface area contributed by atoms with Crippen molar-refractivity contribution < 1.29 is 9.72 Å². The number of carbonyl (C=O) groups is 1. The average Bonchev–Trinajstić information content (AvgIpc) is 3.00. The van der Waals surface area contributed by atoms with Crippen LogP contribution in [-0.4, -0.2) is 33.5 Å². The maximum absolute atomic E-state index is 12.0. The normalized spacial score (nSPS) is 10.2. The number of aryl methyl sites for hydroxylation is 1. The van der Waals surface area contributed by atoms with Gasteiger partial charge < -0.3 is 10.6 Å². The molecule has 0 atom stereocenters. The smallest absolute Gasteiger partial charge is 0.292 e. The van der Waals surface area contributed by atoms with Crippen molar-refractivity contribution in [2.45, 2.75) is 13.3 Å². The summed E-state index contributed by atoms with van der Waals surface area (Å²) in [5.74, 6) is -0.226. The number of nitrogens with zero attached hydrogens (tertiary/aromatic N) is 3. The Morgan fingerprint density at radius 3 is 2.86 bits per heavy atom. The number of carbonyl (C=O) groups excluding carboxylic acids is 1. The molecule has 116 valence electrons. The SMILES string of the molecule is CCc1nnsc1C(=O)NCCNc1ccccc1[N+](=O)[O-]. The zero-order chi connectivity index (χ0) is 15.9. The molecule has 0 fully saturated rings. The van der Waals surface area contributed by atoms with E-state index >= 15 is 0 Å². The molecule has 1 aromatic carbocycles. The van der Waals surface area contributed by atoms with Gasteiger partial charge in [0, 0.05) is 19.2 Å². The zero-order valence-corrected chi connectivity index (χ0v) is 12.7. The Labute approximate surface area is 130 Å². The first-order valence-corrected chi connectivity index (χ1v) is 7.47. The van der Waals surface area contributed by atoms with Crippen molar-refractivity contribution >= 4 is 28.8 Å². The van der Waals surface area contributed by atoms with Gasteiger partial charge in [-0.1, -0.05) is 23.5 Å². The van der Waals surface area contributed by atoms with E-state index in [1.807, 2.05) is 6.92 Å². The topological polar surface area (TPSA) is 110 Å². The third kappa shape index (κ3) is 3.76. The maximum Gasteiger partial charge on any atom is 0.292 e. The first kappa shape index (κ1) is 15.8. The van der Waals surface area contributed by atoms with Gasteiger partial charge >= 0.3 is 0 Å². The second-order valence-electron chi connectivity index (χ2n) is 4.36. The molecule has 0 radical (unpaired) electrons. The minimum absolute atomic E-state index is 0.00810.